The lowest BCUT2D eigenvalue weighted by molar-refractivity contribution is 0.109. The Morgan fingerprint density at radius 2 is 1.75 bits per heavy atom. The normalized spacial score (nSPS) is 10.5. The highest BCUT2D eigenvalue weighted by Gasteiger charge is 2.05. The fraction of sp³-hybridized carbons (Fsp3) is 0.538. The average Bonchev–Trinajstić information content (AvgIpc) is 2.26. The number of hydrogen-bond acceptors (Lipinski definition) is 2. The van der Waals surface area contributed by atoms with Gasteiger partial charge in [-0.25, -0.2) is 0 Å². The van der Waals surface area contributed by atoms with E-state index in [0.29, 0.717) is 19.1 Å². The minimum atomic E-state index is 0.543. The monoisotopic (exact) mass is 242 g/mol. The van der Waals surface area contributed by atoms with Crippen molar-refractivity contribution in [3.8, 4) is 5.75 Å². The zero-order valence-electron chi connectivity index (χ0n) is 10.2. The molecule has 0 aliphatic rings. The summed E-state index contributed by atoms with van der Waals surface area (Å²) in [5.41, 5.74) is 3.40. The van der Waals surface area contributed by atoms with Gasteiger partial charge in [-0.2, -0.15) is 0 Å². The van der Waals surface area contributed by atoms with E-state index in [2.05, 4.69) is 12.1 Å². The quantitative estimate of drug-likeness (QED) is 0.562. The van der Waals surface area contributed by atoms with E-state index in [1.54, 1.807) is 0 Å². The molecule has 0 bridgehead atoms. The van der Waals surface area contributed by atoms with Crippen molar-refractivity contribution in [2.45, 2.75) is 26.7 Å². The topological polar surface area (TPSA) is 18.5 Å². The van der Waals surface area contributed by atoms with E-state index < -0.39 is 0 Å². The molecule has 0 fully saturated rings. The average molecular weight is 243 g/mol. The molecule has 0 aliphatic heterocycles. The van der Waals surface area contributed by atoms with E-state index in [-0.39, 0.29) is 0 Å². The second-order valence-corrected chi connectivity index (χ2v) is 4.01. The number of alkyl halides is 1. The van der Waals surface area contributed by atoms with Crippen LogP contribution in [0.4, 0.5) is 0 Å². The van der Waals surface area contributed by atoms with Gasteiger partial charge in [0.05, 0.1) is 6.61 Å². The molecule has 2 nitrogen and oxygen atoms in total. The second-order valence-electron chi connectivity index (χ2n) is 3.74. The number of rotatable bonds is 6. The Hall–Kier alpha value is -0.730. The first-order valence-electron chi connectivity index (χ1n) is 5.55. The molecule has 3 heteroatoms. The molecule has 0 spiro atoms. The van der Waals surface area contributed by atoms with Crippen LogP contribution in [0.15, 0.2) is 12.1 Å². The van der Waals surface area contributed by atoms with Crippen LogP contribution in [0.3, 0.4) is 0 Å². The van der Waals surface area contributed by atoms with Gasteiger partial charge in [-0.15, -0.1) is 11.6 Å². The first-order chi connectivity index (χ1) is 7.69. The zero-order valence-corrected chi connectivity index (χ0v) is 10.9. The van der Waals surface area contributed by atoms with Crippen LogP contribution in [0.25, 0.3) is 0 Å². The van der Waals surface area contributed by atoms with Crippen molar-refractivity contribution < 1.29 is 9.47 Å². The summed E-state index contributed by atoms with van der Waals surface area (Å²) in [7, 11) is 0. The third kappa shape index (κ3) is 3.69. The van der Waals surface area contributed by atoms with E-state index >= 15 is 0 Å². The number of hydrogen-bond donors (Lipinski definition) is 0. The molecule has 0 unspecified atom stereocenters. The van der Waals surface area contributed by atoms with Crippen LogP contribution < -0.4 is 4.74 Å². The smallest absolute Gasteiger partial charge is 0.125 e. The van der Waals surface area contributed by atoms with E-state index in [1.165, 1.54) is 0 Å². The number of halogens is 1. The SMILES string of the molecule is CCOCCOc1c(C)cc(CCl)cc1C. The summed E-state index contributed by atoms with van der Waals surface area (Å²) in [5.74, 6) is 1.49. The summed E-state index contributed by atoms with van der Waals surface area (Å²) in [6.07, 6.45) is 0. The van der Waals surface area contributed by atoms with Gasteiger partial charge in [-0.3, -0.25) is 0 Å². The maximum absolute atomic E-state index is 5.81. The lowest BCUT2D eigenvalue weighted by Crippen LogP contribution is -2.08. The number of aryl methyl sites for hydroxylation is 2. The molecule has 0 amide bonds. The molecule has 16 heavy (non-hydrogen) atoms. The molecular weight excluding hydrogens is 224 g/mol. The number of benzene rings is 1. The van der Waals surface area contributed by atoms with Crippen LogP contribution in [-0.2, 0) is 10.6 Å². The van der Waals surface area contributed by atoms with Crippen molar-refractivity contribution >= 4 is 11.6 Å². The van der Waals surface area contributed by atoms with E-state index in [4.69, 9.17) is 21.1 Å². The van der Waals surface area contributed by atoms with Gasteiger partial charge in [0.25, 0.3) is 0 Å². The van der Waals surface area contributed by atoms with Crippen molar-refractivity contribution in [1.82, 2.24) is 0 Å². The molecule has 0 N–H and O–H groups in total. The van der Waals surface area contributed by atoms with Crippen LogP contribution >= 0.6 is 11.6 Å². The van der Waals surface area contributed by atoms with E-state index in [0.717, 1.165) is 29.0 Å². The minimum absolute atomic E-state index is 0.543. The summed E-state index contributed by atoms with van der Waals surface area (Å²) in [6.45, 7) is 8.01. The molecule has 0 saturated heterocycles. The maximum Gasteiger partial charge on any atom is 0.125 e. The maximum atomic E-state index is 5.81. The minimum Gasteiger partial charge on any atom is -0.491 e. The van der Waals surface area contributed by atoms with Crippen molar-refractivity contribution in [2.75, 3.05) is 19.8 Å². The van der Waals surface area contributed by atoms with Gasteiger partial charge in [-0.05, 0) is 37.5 Å². The Labute approximate surface area is 103 Å². The first-order valence-corrected chi connectivity index (χ1v) is 6.09. The van der Waals surface area contributed by atoms with Crippen LogP contribution in [-0.4, -0.2) is 19.8 Å². The molecule has 0 aromatic heterocycles. The van der Waals surface area contributed by atoms with Gasteiger partial charge in [0.2, 0.25) is 0 Å². The predicted octanol–water partition coefficient (Wildman–Crippen LogP) is 3.46. The molecule has 0 saturated carbocycles. The molecule has 0 atom stereocenters. The molecule has 0 radical (unpaired) electrons. The predicted molar refractivity (Wildman–Crippen MR) is 67.5 cm³/mol. The van der Waals surface area contributed by atoms with Crippen molar-refractivity contribution in [3.63, 3.8) is 0 Å². The summed E-state index contributed by atoms with van der Waals surface area (Å²) in [6, 6.07) is 4.13. The molecule has 0 aliphatic carbocycles. The van der Waals surface area contributed by atoms with Crippen LogP contribution in [0.2, 0.25) is 0 Å². The summed E-state index contributed by atoms with van der Waals surface area (Å²) in [5, 5.41) is 0. The van der Waals surface area contributed by atoms with Crippen molar-refractivity contribution in [3.05, 3.63) is 28.8 Å². The van der Waals surface area contributed by atoms with Crippen LogP contribution in [0.1, 0.15) is 23.6 Å². The Bertz CT molecular complexity index is 314. The molecule has 90 valence electrons. The van der Waals surface area contributed by atoms with Gasteiger partial charge >= 0.3 is 0 Å². The highest BCUT2D eigenvalue weighted by atomic mass is 35.5. The number of ether oxygens (including phenoxy) is 2. The third-order valence-corrected chi connectivity index (χ3v) is 2.66. The van der Waals surface area contributed by atoms with Crippen molar-refractivity contribution in [2.24, 2.45) is 0 Å². The summed E-state index contributed by atoms with van der Waals surface area (Å²) >= 11 is 5.81. The molecule has 1 aromatic rings. The van der Waals surface area contributed by atoms with E-state index in [1.807, 2.05) is 20.8 Å². The molecule has 1 aromatic carbocycles. The second kappa shape index (κ2) is 6.77. The Morgan fingerprint density at radius 3 is 2.25 bits per heavy atom. The fourth-order valence-corrected chi connectivity index (χ4v) is 1.85. The molecule has 1 rings (SSSR count). The fourth-order valence-electron chi connectivity index (χ4n) is 1.69. The lowest BCUT2D eigenvalue weighted by Gasteiger charge is -2.13. The highest BCUT2D eigenvalue weighted by molar-refractivity contribution is 6.17. The Balaban J connectivity index is 2.65. The summed E-state index contributed by atoms with van der Waals surface area (Å²) < 4.78 is 10.9. The van der Waals surface area contributed by atoms with Crippen molar-refractivity contribution in [1.29, 1.82) is 0 Å². The van der Waals surface area contributed by atoms with Crippen LogP contribution in [0, 0.1) is 13.8 Å². The molecule has 0 heterocycles. The largest absolute Gasteiger partial charge is 0.491 e. The first kappa shape index (κ1) is 13.3. The van der Waals surface area contributed by atoms with Crippen LogP contribution in [0.5, 0.6) is 5.75 Å². The zero-order chi connectivity index (χ0) is 12.0. The molecular formula is C13H19ClO2. The van der Waals surface area contributed by atoms with Gasteiger partial charge < -0.3 is 9.47 Å². The Kier molecular flexibility index (Phi) is 5.64. The third-order valence-electron chi connectivity index (χ3n) is 2.35. The summed E-state index contributed by atoms with van der Waals surface area (Å²) in [4.78, 5) is 0. The van der Waals surface area contributed by atoms with Gasteiger partial charge in [0.1, 0.15) is 12.4 Å². The van der Waals surface area contributed by atoms with Gasteiger partial charge in [-0.1, -0.05) is 12.1 Å². The van der Waals surface area contributed by atoms with E-state index in [9.17, 15) is 0 Å². The van der Waals surface area contributed by atoms with Gasteiger partial charge in [0.15, 0.2) is 0 Å². The Morgan fingerprint density at radius 1 is 1.12 bits per heavy atom. The highest BCUT2D eigenvalue weighted by Crippen LogP contribution is 2.25. The van der Waals surface area contributed by atoms with Gasteiger partial charge in [0, 0.05) is 12.5 Å². The lowest BCUT2D eigenvalue weighted by atomic mass is 10.1. The standard InChI is InChI=1S/C13H19ClO2/c1-4-15-5-6-16-13-10(2)7-12(9-14)8-11(13)3/h7-8H,4-6,9H2,1-3H3.